The molecule has 0 saturated heterocycles. The zero-order valence-corrected chi connectivity index (χ0v) is 24.7. The highest BCUT2D eigenvalue weighted by Crippen LogP contribution is 2.54. The zero-order chi connectivity index (χ0) is 33.8. The molecular formula is C28H26F9O5S2+. The third-order valence-corrected chi connectivity index (χ3v) is 8.80. The average molecular weight is 678 g/mol. The van der Waals surface area contributed by atoms with Crippen molar-refractivity contribution in [3.05, 3.63) is 84.9 Å². The summed E-state index contributed by atoms with van der Waals surface area (Å²) in [5.41, 5.74) is -0.382. The van der Waals surface area contributed by atoms with Crippen molar-refractivity contribution >= 4 is 26.8 Å². The molecule has 0 spiro atoms. The average Bonchev–Trinajstić information content (AvgIpc) is 2.92. The van der Waals surface area contributed by atoms with Crippen LogP contribution >= 0.6 is 0 Å². The van der Waals surface area contributed by atoms with Crippen LogP contribution in [0.2, 0.25) is 0 Å². The van der Waals surface area contributed by atoms with Gasteiger partial charge in [-0.1, -0.05) is 57.2 Å². The van der Waals surface area contributed by atoms with E-state index in [0.717, 1.165) is 5.75 Å². The van der Waals surface area contributed by atoms with Gasteiger partial charge in [0.25, 0.3) is 0 Å². The first-order chi connectivity index (χ1) is 19.9. The molecule has 5 nitrogen and oxygen atoms in total. The highest BCUT2D eigenvalue weighted by Gasteiger charge is 2.85. The number of carbonyl (C=O) groups excluding carboxylic acids is 1. The van der Waals surface area contributed by atoms with Crippen LogP contribution in [0.15, 0.2) is 99.6 Å². The van der Waals surface area contributed by atoms with Gasteiger partial charge in [0, 0.05) is 5.41 Å². The van der Waals surface area contributed by atoms with Crippen LogP contribution in [0.5, 0.6) is 5.75 Å². The van der Waals surface area contributed by atoms with Gasteiger partial charge in [0.1, 0.15) is 12.4 Å². The predicted octanol–water partition coefficient (Wildman–Crippen LogP) is 8.08. The maximum atomic E-state index is 12.2. The SMILES string of the molecule is CC(C)(C)C(=O)COc1ccc([S+](c2ccccc2)c2ccccc2)cc1.O=S(=O)(O)C(F)(F)C(F)(F)C(F)(F)C(F)(F)F. The van der Waals surface area contributed by atoms with Crippen LogP contribution in [0.1, 0.15) is 20.8 Å². The fourth-order valence-electron chi connectivity index (χ4n) is 3.08. The molecule has 3 aromatic rings. The summed E-state index contributed by atoms with van der Waals surface area (Å²) in [7, 11) is -7.34. The third-order valence-electron chi connectivity index (χ3n) is 5.66. The topological polar surface area (TPSA) is 80.7 Å². The summed E-state index contributed by atoms with van der Waals surface area (Å²) >= 11 is 0. The van der Waals surface area contributed by atoms with Gasteiger partial charge in [0.05, 0.1) is 10.9 Å². The van der Waals surface area contributed by atoms with Gasteiger partial charge in [0.15, 0.2) is 20.5 Å². The number of ether oxygens (including phenoxy) is 1. The van der Waals surface area contributed by atoms with E-state index in [-0.39, 0.29) is 28.7 Å². The smallest absolute Gasteiger partial charge is 0.460 e. The number of alkyl halides is 9. The lowest BCUT2D eigenvalue weighted by atomic mass is 9.91. The number of Topliss-reactive ketones (excluding diaryl/α,β-unsaturated/α-hetero) is 1. The molecule has 3 aromatic carbocycles. The second-order valence-electron chi connectivity index (χ2n) is 10.0. The fraction of sp³-hybridized carbons (Fsp3) is 0.321. The lowest BCUT2D eigenvalue weighted by molar-refractivity contribution is -0.382. The van der Waals surface area contributed by atoms with Gasteiger partial charge in [-0.15, -0.1) is 0 Å². The van der Waals surface area contributed by atoms with E-state index < -0.39 is 33.4 Å². The van der Waals surface area contributed by atoms with Crippen molar-refractivity contribution in [1.82, 2.24) is 0 Å². The molecule has 0 aliphatic carbocycles. The maximum absolute atomic E-state index is 12.2. The van der Waals surface area contributed by atoms with Gasteiger partial charge in [-0.2, -0.15) is 47.9 Å². The van der Waals surface area contributed by atoms with E-state index in [4.69, 9.17) is 9.29 Å². The molecule has 0 unspecified atom stereocenters. The molecule has 0 bridgehead atoms. The van der Waals surface area contributed by atoms with E-state index in [1.165, 1.54) is 14.7 Å². The van der Waals surface area contributed by atoms with E-state index >= 15 is 0 Å². The second-order valence-corrected chi connectivity index (χ2v) is 13.5. The van der Waals surface area contributed by atoms with E-state index in [9.17, 15) is 52.7 Å². The van der Waals surface area contributed by atoms with Crippen molar-refractivity contribution < 1.29 is 62.0 Å². The van der Waals surface area contributed by atoms with Gasteiger partial charge in [-0.05, 0) is 48.5 Å². The summed E-state index contributed by atoms with van der Waals surface area (Å²) in [5, 5.41) is -7.00. The second kappa shape index (κ2) is 13.4. The molecular weight excluding hydrogens is 651 g/mol. The summed E-state index contributed by atoms with van der Waals surface area (Å²) in [5.74, 6) is -13.9. The molecule has 44 heavy (non-hydrogen) atoms. The molecule has 3 rings (SSSR count). The first-order valence-electron chi connectivity index (χ1n) is 12.2. The summed E-state index contributed by atoms with van der Waals surface area (Å²) in [6.07, 6.45) is -7.13. The third kappa shape index (κ3) is 8.27. The molecule has 0 aliphatic heterocycles. The van der Waals surface area contributed by atoms with Crippen molar-refractivity contribution in [2.75, 3.05) is 6.61 Å². The van der Waals surface area contributed by atoms with Crippen LogP contribution in [0.4, 0.5) is 39.5 Å². The molecule has 0 amide bonds. The Morgan fingerprint density at radius 2 is 1.07 bits per heavy atom. The van der Waals surface area contributed by atoms with Gasteiger partial charge in [-0.3, -0.25) is 9.35 Å². The largest absolute Gasteiger partial charge is 0.486 e. The Hall–Kier alpha value is -3.24. The molecule has 0 fully saturated rings. The van der Waals surface area contributed by atoms with E-state index in [1.54, 1.807) is 0 Å². The number of halogens is 9. The Labute approximate surface area is 250 Å². The number of rotatable bonds is 9. The molecule has 16 heteroatoms. The van der Waals surface area contributed by atoms with Crippen LogP contribution in [-0.2, 0) is 25.8 Å². The normalized spacial score (nSPS) is 13.2. The zero-order valence-electron chi connectivity index (χ0n) is 23.1. The van der Waals surface area contributed by atoms with Crippen LogP contribution in [0.25, 0.3) is 0 Å². The van der Waals surface area contributed by atoms with Crippen molar-refractivity contribution in [3.8, 4) is 5.75 Å². The summed E-state index contributed by atoms with van der Waals surface area (Å²) in [6.45, 7) is 5.83. The Morgan fingerprint density at radius 1 is 0.682 bits per heavy atom. The van der Waals surface area contributed by atoms with Crippen molar-refractivity contribution in [1.29, 1.82) is 0 Å². The van der Waals surface area contributed by atoms with Gasteiger partial charge >= 0.3 is 33.4 Å². The van der Waals surface area contributed by atoms with Crippen molar-refractivity contribution in [2.45, 2.75) is 58.7 Å². The molecule has 0 radical (unpaired) electrons. The van der Waals surface area contributed by atoms with Crippen LogP contribution < -0.4 is 4.74 Å². The maximum Gasteiger partial charge on any atom is 0.460 e. The monoisotopic (exact) mass is 677 g/mol. The van der Waals surface area contributed by atoms with E-state index in [1.807, 2.05) is 45.0 Å². The molecule has 0 saturated carbocycles. The standard InChI is InChI=1S/C24H25O2S.C4HF9O3S/c1-24(2,3)23(25)18-26-19-14-16-22(17-15-19)27(20-10-6-4-7-11-20)21-12-8-5-9-13-21;5-1(6,3(9,10)11)2(7,8)4(12,13)17(14,15)16/h4-17H,18H2,1-3H3;(H,14,15,16)/q+1;. The Kier molecular flexibility index (Phi) is 11.3. The van der Waals surface area contributed by atoms with Crippen molar-refractivity contribution in [2.24, 2.45) is 5.41 Å². The molecule has 0 heterocycles. The number of hydrogen-bond donors (Lipinski definition) is 1. The lowest BCUT2D eigenvalue weighted by Crippen LogP contribution is -2.63. The Morgan fingerprint density at radius 3 is 1.41 bits per heavy atom. The summed E-state index contributed by atoms with van der Waals surface area (Å²) in [4.78, 5) is 15.8. The number of benzene rings is 3. The molecule has 0 atom stereocenters. The highest BCUT2D eigenvalue weighted by molar-refractivity contribution is 7.97. The van der Waals surface area contributed by atoms with Crippen LogP contribution in [0, 0.1) is 5.41 Å². The first-order valence-corrected chi connectivity index (χ1v) is 14.9. The number of hydrogen-bond acceptors (Lipinski definition) is 4. The van der Waals surface area contributed by atoms with Crippen LogP contribution in [0.3, 0.4) is 0 Å². The summed E-state index contributed by atoms with van der Waals surface area (Å²) < 4.78 is 140. The number of carbonyl (C=O) groups is 1. The summed E-state index contributed by atoms with van der Waals surface area (Å²) in [6, 6.07) is 29.2. The van der Waals surface area contributed by atoms with Gasteiger partial charge < -0.3 is 4.74 Å². The van der Waals surface area contributed by atoms with Crippen LogP contribution in [-0.4, -0.2) is 48.6 Å². The number of ketones is 1. The first kappa shape index (κ1) is 36.9. The molecule has 0 aromatic heterocycles. The quantitative estimate of drug-likeness (QED) is 0.141. The van der Waals surface area contributed by atoms with E-state index in [0.29, 0.717) is 0 Å². The predicted molar refractivity (Wildman–Crippen MR) is 144 cm³/mol. The molecule has 0 aliphatic rings. The van der Waals surface area contributed by atoms with Crippen molar-refractivity contribution in [3.63, 3.8) is 0 Å². The fourth-order valence-corrected chi connectivity index (χ4v) is 5.62. The lowest BCUT2D eigenvalue weighted by Gasteiger charge is -2.31. The van der Waals surface area contributed by atoms with Gasteiger partial charge in [-0.25, -0.2) is 0 Å². The highest BCUT2D eigenvalue weighted by atomic mass is 32.2. The minimum absolute atomic E-state index is 0.0971. The Balaban J connectivity index is 0.000000345. The minimum atomic E-state index is -7.37. The van der Waals surface area contributed by atoms with E-state index in [2.05, 4.69) is 60.7 Å². The molecule has 242 valence electrons. The van der Waals surface area contributed by atoms with Gasteiger partial charge in [0.2, 0.25) is 0 Å². The minimum Gasteiger partial charge on any atom is -0.486 e. The molecule has 1 N–H and O–H groups in total. The Bertz CT molecular complexity index is 1450.